The summed E-state index contributed by atoms with van der Waals surface area (Å²) in [4.78, 5) is 32.1. The number of benzene rings is 1. The third-order valence-corrected chi connectivity index (χ3v) is 6.65. The molecule has 2 aromatic rings. The molecule has 3 saturated heterocycles. The van der Waals surface area contributed by atoms with Crippen LogP contribution in [-0.4, -0.2) is 28.0 Å². The molecule has 1 aromatic heterocycles. The fraction of sp³-hybridized carbons (Fsp3) is 0.500. The first-order valence-corrected chi connectivity index (χ1v) is 9.18. The summed E-state index contributed by atoms with van der Waals surface area (Å²) in [6.07, 6.45) is 1.60. The highest BCUT2D eigenvalue weighted by Crippen LogP contribution is 2.61. The Hall–Kier alpha value is -1.73. The second-order valence-electron chi connectivity index (χ2n) is 7.67. The minimum atomic E-state index is -0.560. The van der Waals surface area contributed by atoms with Gasteiger partial charge < -0.3 is 9.15 Å². The monoisotopic (exact) mass is 404 g/mol. The molecule has 0 saturated carbocycles. The molecule has 1 aromatic carbocycles. The Bertz CT molecular complexity index is 935. The molecule has 0 N–H and O–H groups in total. The topological polar surface area (TPSA) is 72.6 Å². The fourth-order valence-corrected chi connectivity index (χ4v) is 5.36. The third kappa shape index (κ3) is 1.75. The van der Waals surface area contributed by atoms with E-state index in [2.05, 4.69) is 20.9 Å². The molecule has 130 valence electrons. The molecule has 3 aliphatic heterocycles. The van der Waals surface area contributed by atoms with E-state index >= 15 is 0 Å². The quantitative estimate of drug-likeness (QED) is 0.681. The number of hydrogen-bond acceptors (Lipinski definition) is 5. The van der Waals surface area contributed by atoms with Crippen molar-refractivity contribution in [2.24, 2.45) is 11.8 Å². The van der Waals surface area contributed by atoms with Gasteiger partial charge in [-0.2, -0.15) is 0 Å². The number of carbonyl (C=O) groups excluding carboxylic acids is 2. The molecular formula is C18H17BrN2O4. The van der Waals surface area contributed by atoms with E-state index in [0.29, 0.717) is 22.7 Å². The lowest BCUT2D eigenvalue weighted by molar-refractivity contribution is -0.129. The highest BCUT2D eigenvalue weighted by molar-refractivity contribution is 9.10. The number of aryl methyl sites for hydroxylation is 1. The largest absolute Gasteiger partial charge is 0.440 e. The molecule has 0 spiro atoms. The van der Waals surface area contributed by atoms with Crippen molar-refractivity contribution in [1.82, 2.24) is 4.98 Å². The van der Waals surface area contributed by atoms with Gasteiger partial charge in [-0.25, -0.2) is 9.88 Å². The number of carbonyl (C=O) groups is 2. The number of hydrogen-bond donors (Lipinski definition) is 0. The molecule has 5 rings (SSSR count). The van der Waals surface area contributed by atoms with Crippen LogP contribution in [0.25, 0.3) is 11.1 Å². The van der Waals surface area contributed by atoms with E-state index in [4.69, 9.17) is 9.15 Å². The third-order valence-electron chi connectivity index (χ3n) is 6.03. The van der Waals surface area contributed by atoms with Crippen molar-refractivity contribution in [2.75, 3.05) is 4.90 Å². The summed E-state index contributed by atoms with van der Waals surface area (Å²) in [5, 5.41) is 0. The van der Waals surface area contributed by atoms with Gasteiger partial charge in [0.2, 0.25) is 11.8 Å². The predicted molar refractivity (Wildman–Crippen MR) is 93.0 cm³/mol. The Balaban J connectivity index is 1.69. The fourth-order valence-electron chi connectivity index (χ4n) is 4.96. The number of aromatic nitrogens is 1. The van der Waals surface area contributed by atoms with E-state index in [0.717, 1.165) is 17.3 Å². The van der Waals surface area contributed by atoms with Crippen molar-refractivity contribution in [3.05, 3.63) is 22.5 Å². The number of oxazole rings is 1. The Morgan fingerprint density at radius 3 is 2.36 bits per heavy atom. The zero-order chi connectivity index (χ0) is 17.7. The van der Waals surface area contributed by atoms with Gasteiger partial charge >= 0.3 is 0 Å². The van der Waals surface area contributed by atoms with Crippen molar-refractivity contribution in [3.63, 3.8) is 0 Å². The molecule has 2 bridgehead atoms. The van der Waals surface area contributed by atoms with Gasteiger partial charge in [-0.3, -0.25) is 9.59 Å². The smallest absolute Gasteiger partial charge is 0.240 e. The molecule has 3 aliphatic rings. The van der Waals surface area contributed by atoms with Crippen LogP contribution in [0.2, 0.25) is 0 Å². The van der Waals surface area contributed by atoms with Crippen molar-refractivity contribution < 1.29 is 18.7 Å². The second-order valence-corrected chi connectivity index (χ2v) is 8.53. The maximum absolute atomic E-state index is 13.2. The molecule has 4 heterocycles. The summed E-state index contributed by atoms with van der Waals surface area (Å²) in [5.74, 6) is -0.740. The molecular weight excluding hydrogens is 388 g/mol. The van der Waals surface area contributed by atoms with Crippen LogP contribution in [0.5, 0.6) is 0 Å². The molecule has 4 atom stereocenters. The molecule has 6 nitrogen and oxygen atoms in total. The summed E-state index contributed by atoms with van der Waals surface area (Å²) in [7, 11) is 0. The number of rotatable bonds is 1. The van der Waals surface area contributed by atoms with Crippen LogP contribution >= 0.6 is 15.9 Å². The summed E-state index contributed by atoms with van der Waals surface area (Å²) in [6, 6.07) is 3.53. The van der Waals surface area contributed by atoms with Crippen molar-refractivity contribution in [3.8, 4) is 0 Å². The van der Waals surface area contributed by atoms with Crippen LogP contribution in [0.3, 0.4) is 0 Å². The number of imide groups is 1. The van der Waals surface area contributed by atoms with Gasteiger partial charge in [0, 0.05) is 6.92 Å². The van der Waals surface area contributed by atoms with Crippen LogP contribution in [0.1, 0.15) is 32.6 Å². The molecule has 7 heteroatoms. The molecule has 25 heavy (non-hydrogen) atoms. The Morgan fingerprint density at radius 2 is 1.76 bits per heavy atom. The number of ether oxygens (including phenoxy) is 1. The van der Waals surface area contributed by atoms with Crippen molar-refractivity contribution >= 4 is 44.5 Å². The van der Waals surface area contributed by atoms with Gasteiger partial charge in [-0.05, 0) is 54.8 Å². The average molecular weight is 405 g/mol. The van der Waals surface area contributed by atoms with E-state index in [1.807, 2.05) is 13.8 Å². The molecule has 0 radical (unpaired) electrons. The van der Waals surface area contributed by atoms with Crippen molar-refractivity contribution in [1.29, 1.82) is 0 Å². The van der Waals surface area contributed by atoms with E-state index in [1.165, 1.54) is 4.90 Å². The van der Waals surface area contributed by atoms with Gasteiger partial charge in [0.05, 0.1) is 33.2 Å². The van der Waals surface area contributed by atoms with Gasteiger partial charge in [-0.1, -0.05) is 0 Å². The van der Waals surface area contributed by atoms with Crippen LogP contribution in [0.4, 0.5) is 5.69 Å². The maximum Gasteiger partial charge on any atom is 0.240 e. The zero-order valence-corrected chi connectivity index (χ0v) is 15.7. The lowest BCUT2D eigenvalue weighted by atomic mass is 9.69. The van der Waals surface area contributed by atoms with Crippen LogP contribution < -0.4 is 4.90 Å². The Morgan fingerprint density at radius 1 is 1.16 bits per heavy atom. The Kier molecular flexibility index (Phi) is 2.80. The van der Waals surface area contributed by atoms with E-state index in [9.17, 15) is 9.59 Å². The van der Waals surface area contributed by atoms with Crippen LogP contribution in [0.15, 0.2) is 21.0 Å². The van der Waals surface area contributed by atoms with E-state index in [1.54, 1.807) is 19.1 Å². The number of nitrogens with zero attached hydrogens (tertiary/aromatic N) is 2. The summed E-state index contributed by atoms with van der Waals surface area (Å²) in [6.45, 7) is 5.65. The van der Waals surface area contributed by atoms with Crippen LogP contribution in [-0.2, 0) is 14.3 Å². The molecule has 4 unspecified atom stereocenters. The second kappa shape index (κ2) is 4.51. The molecule has 2 amide bonds. The van der Waals surface area contributed by atoms with Gasteiger partial charge in [0.1, 0.15) is 5.52 Å². The average Bonchev–Trinajstić information content (AvgIpc) is 3.21. The number of anilines is 1. The van der Waals surface area contributed by atoms with Gasteiger partial charge in [-0.15, -0.1) is 0 Å². The first-order chi connectivity index (χ1) is 11.8. The summed E-state index contributed by atoms with van der Waals surface area (Å²) < 4.78 is 12.5. The number of amides is 2. The number of halogens is 1. The highest BCUT2D eigenvalue weighted by atomic mass is 79.9. The summed E-state index contributed by atoms with van der Waals surface area (Å²) in [5.41, 5.74) is 0.442. The van der Waals surface area contributed by atoms with E-state index < -0.39 is 23.0 Å². The minimum absolute atomic E-state index is 0.190. The first kappa shape index (κ1) is 15.5. The van der Waals surface area contributed by atoms with Crippen LogP contribution in [0, 0.1) is 18.8 Å². The highest BCUT2D eigenvalue weighted by Gasteiger charge is 2.72. The number of fused-ring (bicyclic) bond motifs is 6. The SMILES string of the molecule is Cc1nc2c(N3C(=O)C4C(C3=O)C3(C)CCC4(C)O3)ccc(Br)c2o1. The van der Waals surface area contributed by atoms with E-state index in [-0.39, 0.29) is 11.8 Å². The standard InChI is InChI=1S/C18H17BrN2O4/c1-8-20-13-10(5-4-9(19)14(13)24-8)21-15(22)11-12(16(21)23)18(3)7-6-17(11,2)25-18/h4-5,11-12H,6-7H2,1-3H3. The predicted octanol–water partition coefficient (Wildman–Crippen LogP) is 3.35. The lowest BCUT2D eigenvalue weighted by Gasteiger charge is -2.27. The first-order valence-electron chi connectivity index (χ1n) is 8.39. The van der Waals surface area contributed by atoms with Gasteiger partial charge in [0.25, 0.3) is 0 Å². The zero-order valence-electron chi connectivity index (χ0n) is 14.1. The Labute approximate surface area is 152 Å². The maximum atomic E-state index is 13.2. The van der Waals surface area contributed by atoms with Gasteiger partial charge in [0.15, 0.2) is 11.5 Å². The lowest BCUT2D eigenvalue weighted by Crippen LogP contribution is -2.40. The summed E-state index contributed by atoms with van der Waals surface area (Å²) >= 11 is 3.44. The normalized spacial score (nSPS) is 36.7. The van der Waals surface area contributed by atoms with Crippen molar-refractivity contribution in [2.45, 2.75) is 44.8 Å². The molecule has 3 fully saturated rings. The molecule has 0 aliphatic carbocycles. The minimum Gasteiger partial charge on any atom is -0.440 e.